The third-order valence-corrected chi connectivity index (χ3v) is 8.55. The molecule has 0 spiro atoms. The zero-order valence-corrected chi connectivity index (χ0v) is 24.9. The number of rotatable bonds is 10. The Bertz CT molecular complexity index is 1400. The number of likely N-dealkylation sites (tertiary alicyclic amines) is 1. The Balaban J connectivity index is 1.31. The number of aromatic nitrogens is 2. The Hall–Kier alpha value is -4.08. The molecule has 0 radical (unpaired) electrons. The van der Waals surface area contributed by atoms with E-state index in [1.54, 1.807) is 0 Å². The molecule has 0 bridgehead atoms. The Labute approximate surface area is 248 Å². The summed E-state index contributed by atoms with van der Waals surface area (Å²) >= 11 is 0. The Morgan fingerprint density at radius 3 is 2.43 bits per heavy atom. The molecule has 2 fully saturated rings. The third kappa shape index (κ3) is 7.03. The lowest BCUT2D eigenvalue weighted by atomic mass is 9.95. The molecular weight excluding hydrogens is 528 g/mol. The van der Waals surface area contributed by atoms with Crippen molar-refractivity contribution in [3.63, 3.8) is 0 Å². The van der Waals surface area contributed by atoms with Gasteiger partial charge in [-0.05, 0) is 69.2 Å². The molecular formula is C32H44N8O2. The van der Waals surface area contributed by atoms with Crippen molar-refractivity contribution >= 4 is 34.3 Å². The number of benzene rings is 2. The first-order valence-corrected chi connectivity index (χ1v) is 15.3. The van der Waals surface area contributed by atoms with Crippen LogP contribution in [0, 0.1) is 10.8 Å². The Morgan fingerprint density at radius 2 is 1.79 bits per heavy atom. The van der Waals surface area contributed by atoms with Gasteiger partial charge in [0.2, 0.25) is 5.91 Å². The molecule has 2 aromatic carbocycles. The van der Waals surface area contributed by atoms with Gasteiger partial charge >= 0.3 is 0 Å². The van der Waals surface area contributed by atoms with E-state index in [4.69, 9.17) is 26.3 Å². The van der Waals surface area contributed by atoms with Crippen LogP contribution in [0.4, 0.5) is 5.69 Å². The van der Waals surface area contributed by atoms with Crippen molar-refractivity contribution in [3.8, 4) is 5.75 Å². The average molecular weight is 573 g/mol. The largest absolute Gasteiger partial charge is 0.490 e. The lowest BCUT2D eigenvalue weighted by Gasteiger charge is -2.33. The molecule has 3 aromatic rings. The zero-order chi connectivity index (χ0) is 29.6. The Morgan fingerprint density at radius 1 is 1.07 bits per heavy atom. The number of imidazole rings is 1. The monoisotopic (exact) mass is 572 g/mol. The predicted octanol–water partition coefficient (Wildman–Crippen LogP) is 4.64. The van der Waals surface area contributed by atoms with Crippen LogP contribution in [0.2, 0.25) is 0 Å². The molecule has 10 heteroatoms. The first-order valence-electron chi connectivity index (χ1n) is 15.3. The second-order valence-corrected chi connectivity index (χ2v) is 11.5. The standard InChI is InChI=1S/C32H44N8O2/c1-3-38(25-10-12-26(13-11-25)42-27-15-17-39(18-16-27)22(2)33)20-30-37-28-19-23(32(34)35)9-14-29(28)40(30)21-31(41)36-24-7-5-4-6-8-24/h9-14,19,24,27,33H,3-8,15-18,20-21H2,1-2H3,(H3,34,35)(H,36,41). The van der Waals surface area contributed by atoms with Gasteiger partial charge in [-0.25, -0.2) is 4.98 Å². The lowest BCUT2D eigenvalue weighted by molar-refractivity contribution is -0.122. The fourth-order valence-corrected chi connectivity index (χ4v) is 6.10. The first kappa shape index (κ1) is 29.4. The maximum absolute atomic E-state index is 13.2. The number of piperidine rings is 1. The minimum atomic E-state index is -0.00377. The van der Waals surface area contributed by atoms with Crippen molar-refractivity contribution in [1.82, 2.24) is 19.8 Å². The van der Waals surface area contributed by atoms with Crippen LogP contribution >= 0.6 is 0 Å². The van der Waals surface area contributed by atoms with E-state index in [1.807, 2.05) is 41.8 Å². The molecule has 224 valence electrons. The number of amidine groups is 2. The number of nitrogen functional groups attached to an aromatic ring is 1. The van der Waals surface area contributed by atoms with Gasteiger partial charge in [0.1, 0.15) is 30.1 Å². The van der Waals surface area contributed by atoms with Crippen molar-refractivity contribution in [2.75, 3.05) is 24.5 Å². The number of nitrogens with one attached hydrogen (secondary N) is 3. The van der Waals surface area contributed by atoms with Crippen LogP contribution in [0.15, 0.2) is 42.5 Å². The van der Waals surface area contributed by atoms with E-state index in [-0.39, 0.29) is 30.4 Å². The van der Waals surface area contributed by atoms with Gasteiger partial charge in [0, 0.05) is 49.8 Å². The molecule has 5 rings (SSSR count). The van der Waals surface area contributed by atoms with E-state index in [9.17, 15) is 4.79 Å². The molecule has 1 saturated carbocycles. The summed E-state index contributed by atoms with van der Waals surface area (Å²) in [6, 6.07) is 14.0. The average Bonchev–Trinajstić information content (AvgIpc) is 3.32. The van der Waals surface area contributed by atoms with E-state index >= 15 is 0 Å². The fourth-order valence-electron chi connectivity index (χ4n) is 6.10. The topological polar surface area (TPSA) is 136 Å². The van der Waals surface area contributed by atoms with Gasteiger partial charge < -0.3 is 30.2 Å². The summed E-state index contributed by atoms with van der Waals surface area (Å²) in [5.74, 6) is 2.26. The van der Waals surface area contributed by atoms with E-state index < -0.39 is 0 Å². The summed E-state index contributed by atoms with van der Waals surface area (Å²) in [6.45, 7) is 7.15. The number of hydrogen-bond donors (Lipinski definition) is 4. The summed E-state index contributed by atoms with van der Waals surface area (Å²) in [5.41, 5.74) is 9.01. The van der Waals surface area contributed by atoms with Crippen molar-refractivity contribution in [3.05, 3.63) is 53.9 Å². The molecule has 1 aliphatic carbocycles. The van der Waals surface area contributed by atoms with Crippen LogP contribution in [-0.4, -0.2) is 63.8 Å². The van der Waals surface area contributed by atoms with Gasteiger partial charge in [-0.3, -0.25) is 15.6 Å². The van der Waals surface area contributed by atoms with Crippen molar-refractivity contribution in [2.45, 2.75) is 84.0 Å². The minimum Gasteiger partial charge on any atom is -0.490 e. The van der Waals surface area contributed by atoms with Gasteiger partial charge in [-0.2, -0.15) is 0 Å². The number of nitrogens with zero attached hydrogens (tertiary/aromatic N) is 4. The highest BCUT2D eigenvalue weighted by molar-refractivity contribution is 5.98. The SMILES string of the molecule is CCN(Cc1nc2cc(C(=N)N)ccc2n1CC(=O)NC1CCCCC1)c1ccc(OC2CCN(C(C)=N)CC2)cc1. The van der Waals surface area contributed by atoms with Gasteiger partial charge in [0.25, 0.3) is 0 Å². The quantitative estimate of drug-likeness (QED) is 0.206. The summed E-state index contributed by atoms with van der Waals surface area (Å²) in [6.07, 6.45) is 7.63. The van der Waals surface area contributed by atoms with Crippen LogP contribution in [0.1, 0.15) is 70.2 Å². The van der Waals surface area contributed by atoms with Crippen LogP contribution in [0.5, 0.6) is 5.75 Å². The second-order valence-electron chi connectivity index (χ2n) is 11.5. The number of amides is 1. The zero-order valence-electron chi connectivity index (χ0n) is 24.9. The number of nitrogens with two attached hydrogens (primary N) is 1. The van der Waals surface area contributed by atoms with E-state index in [0.29, 0.717) is 17.9 Å². The molecule has 1 amide bonds. The smallest absolute Gasteiger partial charge is 0.240 e. The molecule has 1 aromatic heterocycles. The predicted molar refractivity (Wildman–Crippen MR) is 168 cm³/mol. The molecule has 1 saturated heterocycles. The summed E-state index contributed by atoms with van der Waals surface area (Å²) in [4.78, 5) is 22.4. The highest BCUT2D eigenvalue weighted by Crippen LogP contribution is 2.26. The van der Waals surface area contributed by atoms with Crippen molar-refractivity contribution < 1.29 is 9.53 Å². The van der Waals surface area contributed by atoms with E-state index in [2.05, 4.69) is 34.2 Å². The number of hydrogen-bond acceptors (Lipinski definition) is 6. The van der Waals surface area contributed by atoms with Gasteiger partial charge in [-0.15, -0.1) is 0 Å². The summed E-state index contributed by atoms with van der Waals surface area (Å²) in [5, 5.41) is 18.9. The molecule has 42 heavy (non-hydrogen) atoms. The highest BCUT2D eigenvalue weighted by atomic mass is 16.5. The fraction of sp³-hybridized carbons (Fsp3) is 0.500. The molecule has 0 unspecified atom stereocenters. The Kier molecular flexibility index (Phi) is 9.29. The molecule has 2 aliphatic rings. The van der Waals surface area contributed by atoms with Gasteiger partial charge in [0.05, 0.1) is 23.4 Å². The van der Waals surface area contributed by atoms with Crippen molar-refractivity contribution in [2.24, 2.45) is 5.73 Å². The summed E-state index contributed by atoms with van der Waals surface area (Å²) in [7, 11) is 0. The maximum Gasteiger partial charge on any atom is 0.240 e. The van der Waals surface area contributed by atoms with Crippen LogP contribution < -0.4 is 20.7 Å². The normalized spacial score (nSPS) is 16.4. The lowest BCUT2D eigenvalue weighted by Crippen LogP contribution is -2.40. The highest BCUT2D eigenvalue weighted by Gasteiger charge is 2.22. The van der Waals surface area contributed by atoms with Gasteiger partial charge in [-0.1, -0.05) is 19.3 Å². The molecule has 1 aliphatic heterocycles. The van der Waals surface area contributed by atoms with Crippen molar-refractivity contribution in [1.29, 1.82) is 10.8 Å². The number of anilines is 1. The first-order chi connectivity index (χ1) is 20.3. The maximum atomic E-state index is 13.2. The number of fused-ring (bicyclic) bond motifs is 1. The molecule has 5 N–H and O–H groups in total. The van der Waals surface area contributed by atoms with Crippen LogP contribution in [0.25, 0.3) is 11.0 Å². The number of ether oxygens (including phenoxy) is 1. The second kappa shape index (κ2) is 13.3. The van der Waals surface area contributed by atoms with E-state index in [0.717, 1.165) is 86.5 Å². The molecule has 2 heterocycles. The van der Waals surface area contributed by atoms with Crippen LogP contribution in [-0.2, 0) is 17.9 Å². The number of carbonyl (C=O) groups excluding carboxylic acids is 1. The third-order valence-electron chi connectivity index (χ3n) is 8.55. The molecule has 10 nitrogen and oxygen atoms in total. The minimum absolute atomic E-state index is 0.00377. The summed E-state index contributed by atoms with van der Waals surface area (Å²) < 4.78 is 8.26. The van der Waals surface area contributed by atoms with Crippen LogP contribution in [0.3, 0.4) is 0 Å². The number of carbonyl (C=O) groups is 1. The molecule has 0 atom stereocenters. The van der Waals surface area contributed by atoms with Gasteiger partial charge in [0.15, 0.2) is 0 Å². The van der Waals surface area contributed by atoms with E-state index in [1.165, 1.54) is 6.42 Å².